The van der Waals surface area contributed by atoms with Gasteiger partial charge in [-0.3, -0.25) is 4.79 Å². The first kappa shape index (κ1) is 16.8. The van der Waals surface area contributed by atoms with Gasteiger partial charge in [-0.1, -0.05) is 36.4 Å². The van der Waals surface area contributed by atoms with E-state index in [-0.39, 0.29) is 5.91 Å². The van der Waals surface area contributed by atoms with Gasteiger partial charge in [-0.2, -0.15) is 0 Å². The Morgan fingerprint density at radius 3 is 2.56 bits per heavy atom. The third kappa shape index (κ3) is 3.98. The van der Waals surface area contributed by atoms with E-state index in [4.69, 9.17) is 0 Å². The summed E-state index contributed by atoms with van der Waals surface area (Å²) in [4.78, 5) is 19.8. The topological polar surface area (TPSA) is 69.8 Å². The molecule has 0 atom stereocenters. The lowest BCUT2D eigenvalue weighted by Crippen LogP contribution is -2.26. The molecule has 0 aliphatic heterocycles. The number of fused-ring (bicyclic) bond motifs is 1. The number of aromatic nitrogens is 2. The third-order valence-corrected chi connectivity index (χ3v) is 4.41. The lowest BCUT2D eigenvalue weighted by atomic mass is 10.1. The van der Waals surface area contributed by atoms with Gasteiger partial charge in [0.1, 0.15) is 5.69 Å². The van der Waals surface area contributed by atoms with E-state index in [2.05, 4.69) is 26.7 Å². The number of benzene rings is 2. The van der Waals surface area contributed by atoms with Crippen LogP contribution in [0.5, 0.6) is 0 Å². The van der Waals surface area contributed by atoms with Crippen LogP contribution in [0.1, 0.15) is 16.1 Å². The summed E-state index contributed by atoms with van der Waals surface area (Å²) in [5.41, 5.74) is 4.54. The fraction of sp³-hybridized carbons (Fsp3) is 0.0909. The van der Waals surface area contributed by atoms with Crippen molar-refractivity contribution in [2.75, 3.05) is 11.9 Å². The van der Waals surface area contributed by atoms with E-state index in [1.165, 1.54) is 10.9 Å². The molecule has 134 valence electrons. The van der Waals surface area contributed by atoms with Crippen molar-refractivity contribution in [3.8, 4) is 0 Å². The van der Waals surface area contributed by atoms with Gasteiger partial charge in [0.2, 0.25) is 0 Å². The van der Waals surface area contributed by atoms with Crippen LogP contribution in [0.15, 0.2) is 79.1 Å². The number of aromatic amines is 1. The van der Waals surface area contributed by atoms with Crippen molar-refractivity contribution >= 4 is 28.2 Å². The van der Waals surface area contributed by atoms with Crippen LogP contribution in [0, 0.1) is 0 Å². The fourth-order valence-corrected chi connectivity index (χ4v) is 3.03. The summed E-state index contributed by atoms with van der Waals surface area (Å²) in [6.45, 7) is 0.562. The van der Waals surface area contributed by atoms with E-state index in [0.717, 1.165) is 23.3 Å². The number of nitrogens with zero attached hydrogens (tertiary/aromatic N) is 1. The Bertz CT molecular complexity index is 1040. The van der Waals surface area contributed by atoms with E-state index in [0.29, 0.717) is 12.2 Å². The van der Waals surface area contributed by atoms with Gasteiger partial charge in [0.25, 0.3) is 5.91 Å². The molecule has 27 heavy (non-hydrogen) atoms. The standard InChI is InChI=1S/C22H20N4O/c27-22(23-13-12-16-14-24-20-9-5-4-8-19(16)20)21-11-10-18(15-25-21)26-17-6-2-1-3-7-17/h1-11,14-15,24,26H,12-13H2,(H,23,27). The first-order chi connectivity index (χ1) is 13.3. The van der Waals surface area contributed by atoms with Crippen LogP contribution in [0.4, 0.5) is 11.4 Å². The predicted molar refractivity (Wildman–Crippen MR) is 108 cm³/mol. The molecule has 0 saturated carbocycles. The van der Waals surface area contributed by atoms with Gasteiger partial charge < -0.3 is 15.6 Å². The second kappa shape index (κ2) is 7.74. The second-order valence-corrected chi connectivity index (χ2v) is 6.29. The van der Waals surface area contributed by atoms with Crippen LogP contribution in [-0.2, 0) is 6.42 Å². The first-order valence-corrected chi connectivity index (χ1v) is 8.91. The monoisotopic (exact) mass is 356 g/mol. The summed E-state index contributed by atoms with van der Waals surface area (Å²) in [7, 11) is 0. The molecule has 3 N–H and O–H groups in total. The molecule has 4 aromatic rings. The van der Waals surface area contributed by atoms with Crippen molar-refractivity contribution in [3.63, 3.8) is 0 Å². The number of anilines is 2. The third-order valence-electron chi connectivity index (χ3n) is 4.41. The van der Waals surface area contributed by atoms with E-state index < -0.39 is 0 Å². The SMILES string of the molecule is O=C(NCCc1c[nH]c2ccccc12)c1ccc(Nc2ccccc2)cn1. The highest BCUT2D eigenvalue weighted by Crippen LogP contribution is 2.18. The summed E-state index contributed by atoms with van der Waals surface area (Å²) in [5, 5.41) is 7.38. The van der Waals surface area contributed by atoms with E-state index in [1.54, 1.807) is 12.3 Å². The number of carbonyl (C=O) groups excluding carboxylic acids is 1. The highest BCUT2D eigenvalue weighted by Gasteiger charge is 2.08. The van der Waals surface area contributed by atoms with Crippen LogP contribution < -0.4 is 10.6 Å². The zero-order valence-electron chi connectivity index (χ0n) is 14.8. The van der Waals surface area contributed by atoms with Crippen molar-refractivity contribution in [2.24, 2.45) is 0 Å². The van der Waals surface area contributed by atoms with Crippen LogP contribution >= 0.6 is 0 Å². The number of hydrogen-bond acceptors (Lipinski definition) is 3. The number of pyridine rings is 1. The van der Waals surface area contributed by atoms with Crippen molar-refractivity contribution in [1.29, 1.82) is 0 Å². The maximum Gasteiger partial charge on any atom is 0.269 e. The summed E-state index contributed by atoms with van der Waals surface area (Å²) in [6.07, 6.45) is 4.43. The molecule has 2 aromatic heterocycles. The molecule has 0 bridgehead atoms. The molecule has 2 aromatic carbocycles. The minimum atomic E-state index is -0.166. The molecule has 0 spiro atoms. The molecule has 0 radical (unpaired) electrons. The molecule has 5 heteroatoms. The van der Waals surface area contributed by atoms with Crippen LogP contribution in [-0.4, -0.2) is 22.4 Å². The van der Waals surface area contributed by atoms with Gasteiger partial charge in [0.05, 0.1) is 11.9 Å². The van der Waals surface area contributed by atoms with E-state index in [1.807, 2.05) is 60.8 Å². The van der Waals surface area contributed by atoms with Crippen LogP contribution in [0.2, 0.25) is 0 Å². The van der Waals surface area contributed by atoms with Crippen LogP contribution in [0.3, 0.4) is 0 Å². The maximum atomic E-state index is 12.3. The lowest BCUT2D eigenvalue weighted by molar-refractivity contribution is 0.0949. The Morgan fingerprint density at radius 2 is 1.74 bits per heavy atom. The molecule has 0 aliphatic carbocycles. The summed E-state index contributed by atoms with van der Waals surface area (Å²) >= 11 is 0. The molecule has 0 aliphatic rings. The van der Waals surface area contributed by atoms with Crippen LogP contribution in [0.25, 0.3) is 10.9 Å². The molecular weight excluding hydrogens is 336 g/mol. The first-order valence-electron chi connectivity index (χ1n) is 8.91. The Balaban J connectivity index is 1.33. The number of nitrogens with one attached hydrogen (secondary N) is 3. The fourth-order valence-electron chi connectivity index (χ4n) is 3.03. The number of hydrogen-bond donors (Lipinski definition) is 3. The zero-order valence-corrected chi connectivity index (χ0v) is 14.8. The van der Waals surface area contributed by atoms with Crippen molar-refractivity contribution in [1.82, 2.24) is 15.3 Å². The summed E-state index contributed by atoms with van der Waals surface area (Å²) in [5.74, 6) is -0.166. The Labute approximate surface area is 157 Å². The minimum Gasteiger partial charge on any atom is -0.361 e. The van der Waals surface area contributed by atoms with Crippen molar-refractivity contribution in [3.05, 3.63) is 90.4 Å². The second-order valence-electron chi connectivity index (χ2n) is 6.29. The molecule has 1 amide bonds. The minimum absolute atomic E-state index is 0.166. The Kier molecular flexibility index (Phi) is 4.83. The number of H-pyrrole nitrogens is 1. The molecule has 0 fully saturated rings. The molecule has 4 rings (SSSR count). The normalized spacial score (nSPS) is 10.7. The smallest absolute Gasteiger partial charge is 0.269 e. The van der Waals surface area contributed by atoms with Gasteiger partial charge in [0.15, 0.2) is 0 Å². The Morgan fingerprint density at radius 1 is 0.926 bits per heavy atom. The van der Waals surface area contributed by atoms with Gasteiger partial charge >= 0.3 is 0 Å². The van der Waals surface area contributed by atoms with Gasteiger partial charge in [-0.15, -0.1) is 0 Å². The maximum absolute atomic E-state index is 12.3. The van der Waals surface area contributed by atoms with E-state index in [9.17, 15) is 4.79 Å². The number of carbonyl (C=O) groups is 1. The van der Waals surface area contributed by atoms with Gasteiger partial charge in [-0.25, -0.2) is 4.98 Å². The molecule has 2 heterocycles. The summed E-state index contributed by atoms with van der Waals surface area (Å²) in [6, 6.07) is 21.6. The van der Waals surface area contributed by atoms with Crippen molar-refractivity contribution in [2.45, 2.75) is 6.42 Å². The van der Waals surface area contributed by atoms with Gasteiger partial charge in [0, 0.05) is 29.3 Å². The quantitative estimate of drug-likeness (QED) is 0.483. The number of para-hydroxylation sites is 2. The highest BCUT2D eigenvalue weighted by atomic mass is 16.1. The molecule has 0 saturated heterocycles. The molecule has 0 unspecified atom stereocenters. The largest absolute Gasteiger partial charge is 0.361 e. The average Bonchev–Trinajstić information content (AvgIpc) is 3.12. The number of amides is 1. The highest BCUT2D eigenvalue weighted by molar-refractivity contribution is 5.92. The van der Waals surface area contributed by atoms with Crippen molar-refractivity contribution < 1.29 is 4.79 Å². The zero-order chi connectivity index (χ0) is 18.5. The lowest BCUT2D eigenvalue weighted by Gasteiger charge is -2.07. The average molecular weight is 356 g/mol. The predicted octanol–water partition coefficient (Wildman–Crippen LogP) is 4.28. The number of rotatable bonds is 6. The molecule has 5 nitrogen and oxygen atoms in total. The summed E-state index contributed by atoms with van der Waals surface area (Å²) < 4.78 is 0. The molecular formula is C22H20N4O. The Hall–Kier alpha value is -3.60. The van der Waals surface area contributed by atoms with Gasteiger partial charge in [-0.05, 0) is 42.3 Å². The van der Waals surface area contributed by atoms with E-state index >= 15 is 0 Å².